The standard InChI is InChI=1S/C21H23N3O3/c1-12-8-17(23(2)22-12)21(25)24-11-19(26-3)16-10-13(24)9-15-14-6-4-5-7-18(14)27-20(15)16/h4-8,13,16,19H,9-11H2,1-3H3/t13-,16+,19-/m0/s1. The number of nitrogens with zero attached hydrogens (tertiary/aromatic N) is 3. The van der Waals surface area contributed by atoms with Crippen LogP contribution in [-0.4, -0.2) is 46.4 Å². The summed E-state index contributed by atoms with van der Waals surface area (Å²) in [7, 11) is 3.54. The van der Waals surface area contributed by atoms with E-state index in [9.17, 15) is 4.79 Å². The Morgan fingerprint density at radius 2 is 2.15 bits per heavy atom. The number of carbonyl (C=O) groups excluding carboxylic acids is 1. The van der Waals surface area contributed by atoms with E-state index in [0.29, 0.717) is 12.2 Å². The number of likely N-dealkylation sites (tertiary alicyclic amines) is 1. The van der Waals surface area contributed by atoms with Gasteiger partial charge in [-0.05, 0) is 31.9 Å². The van der Waals surface area contributed by atoms with Crippen LogP contribution in [-0.2, 0) is 18.2 Å². The summed E-state index contributed by atoms with van der Waals surface area (Å²) in [5.74, 6) is 1.26. The second kappa shape index (κ2) is 5.96. The second-order valence-corrected chi connectivity index (χ2v) is 7.67. The lowest BCUT2D eigenvalue weighted by atomic mass is 9.77. The van der Waals surface area contributed by atoms with Gasteiger partial charge in [-0.15, -0.1) is 0 Å². The molecule has 0 radical (unpaired) electrons. The Balaban J connectivity index is 1.57. The molecule has 3 aromatic rings. The molecule has 5 rings (SSSR count). The van der Waals surface area contributed by atoms with Crippen molar-refractivity contribution in [3.8, 4) is 0 Å². The number of para-hydroxylation sites is 1. The van der Waals surface area contributed by atoms with Gasteiger partial charge in [0.25, 0.3) is 5.91 Å². The molecular formula is C21H23N3O3. The molecule has 3 heterocycles. The zero-order valence-corrected chi connectivity index (χ0v) is 15.8. The van der Waals surface area contributed by atoms with Gasteiger partial charge in [-0.3, -0.25) is 9.48 Å². The molecule has 0 spiro atoms. The number of rotatable bonds is 2. The lowest BCUT2D eigenvalue weighted by molar-refractivity contribution is -0.0151. The van der Waals surface area contributed by atoms with Crippen LogP contribution in [0.5, 0.6) is 0 Å². The van der Waals surface area contributed by atoms with Crippen LogP contribution >= 0.6 is 0 Å². The first kappa shape index (κ1) is 16.6. The number of ether oxygens (including phenoxy) is 1. The molecule has 6 nitrogen and oxygen atoms in total. The number of amides is 1. The van der Waals surface area contributed by atoms with Crippen molar-refractivity contribution in [1.29, 1.82) is 0 Å². The molecule has 0 unspecified atom stereocenters. The summed E-state index contributed by atoms with van der Waals surface area (Å²) in [5.41, 5.74) is 3.63. The molecule has 27 heavy (non-hydrogen) atoms. The molecule has 1 amide bonds. The third kappa shape index (κ3) is 2.43. The molecule has 2 aromatic heterocycles. The Labute approximate surface area is 157 Å². The SMILES string of the molecule is CO[C@H]1CN(C(=O)c2cc(C)nn2C)[C@H]2Cc3c(oc4ccccc34)[C@@H]1C2. The van der Waals surface area contributed by atoms with Crippen molar-refractivity contribution in [1.82, 2.24) is 14.7 Å². The smallest absolute Gasteiger partial charge is 0.272 e. The zero-order chi connectivity index (χ0) is 18.7. The van der Waals surface area contributed by atoms with Crippen molar-refractivity contribution in [3.05, 3.63) is 53.0 Å². The summed E-state index contributed by atoms with van der Waals surface area (Å²) in [6.07, 6.45) is 1.62. The maximum Gasteiger partial charge on any atom is 0.272 e. The molecule has 2 aliphatic rings. The van der Waals surface area contributed by atoms with E-state index >= 15 is 0 Å². The van der Waals surface area contributed by atoms with Gasteiger partial charge in [0.1, 0.15) is 17.0 Å². The van der Waals surface area contributed by atoms with Crippen LogP contribution in [0.1, 0.15) is 39.8 Å². The Bertz CT molecular complexity index is 1030. The highest BCUT2D eigenvalue weighted by Gasteiger charge is 2.45. The normalized spacial score (nSPS) is 24.3. The van der Waals surface area contributed by atoms with Gasteiger partial charge in [-0.25, -0.2) is 0 Å². The minimum atomic E-state index is -0.0702. The number of furan rings is 1. The van der Waals surface area contributed by atoms with Crippen molar-refractivity contribution in [2.24, 2.45) is 7.05 Å². The van der Waals surface area contributed by atoms with E-state index in [4.69, 9.17) is 9.15 Å². The summed E-state index contributed by atoms with van der Waals surface area (Å²) in [4.78, 5) is 15.3. The van der Waals surface area contributed by atoms with Gasteiger partial charge in [-0.1, -0.05) is 18.2 Å². The van der Waals surface area contributed by atoms with Crippen molar-refractivity contribution < 1.29 is 13.9 Å². The molecule has 6 heteroatoms. The summed E-state index contributed by atoms with van der Waals surface area (Å²) >= 11 is 0. The lowest BCUT2D eigenvalue weighted by Gasteiger charge is -2.45. The molecule has 1 aliphatic heterocycles. The maximum atomic E-state index is 13.3. The molecule has 3 atom stereocenters. The van der Waals surface area contributed by atoms with Gasteiger partial charge in [0.05, 0.1) is 11.8 Å². The van der Waals surface area contributed by atoms with Crippen LogP contribution in [0, 0.1) is 6.92 Å². The molecule has 140 valence electrons. The van der Waals surface area contributed by atoms with Crippen LogP contribution < -0.4 is 0 Å². The first-order valence-corrected chi connectivity index (χ1v) is 9.41. The number of hydrogen-bond donors (Lipinski definition) is 0. The van der Waals surface area contributed by atoms with Crippen LogP contribution in [0.4, 0.5) is 0 Å². The van der Waals surface area contributed by atoms with Gasteiger partial charge < -0.3 is 14.1 Å². The number of fused-ring (bicyclic) bond motifs is 6. The highest BCUT2D eigenvalue weighted by molar-refractivity contribution is 5.93. The van der Waals surface area contributed by atoms with Gasteiger partial charge >= 0.3 is 0 Å². The molecule has 2 bridgehead atoms. The Morgan fingerprint density at radius 3 is 2.89 bits per heavy atom. The quantitative estimate of drug-likeness (QED) is 0.700. The molecular weight excluding hydrogens is 342 g/mol. The minimum Gasteiger partial charge on any atom is -0.460 e. The molecule has 1 aliphatic carbocycles. The Hall–Kier alpha value is -2.60. The number of aromatic nitrogens is 2. The van der Waals surface area contributed by atoms with E-state index in [2.05, 4.69) is 11.2 Å². The average molecular weight is 365 g/mol. The summed E-state index contributed by atoms with van der Waals surface area (Å²) in [6, 6.07) is 10.2. The van der Waals surface area contributed by atoms with E-state index < -0.39 is 0 Å². The average Bonchev–Trinajstić information content (AvgIpc) is 3.21. The van der Waals surface area contributed by atoms with E-state index in [-0.39, 0.29) is 24.0 Å². The summed E-state index contributed by atoms with van der Waals surface area (Å²) in [6.45, 7) is 2.48. The van der Waals surface area contributed by atoms with Gasteiger partial charge in [0, 0.05) is 43.6 Å². The van der Waals surface area contributed by atoms with Crippen molar-refractivity contribution in [2.75, 3.05) is 13.7 Å². The highest BCUT2D eigenvalue weighted by Crippen LogP contribution is 2.45. The molecule has 1 fully saturated rings. The van der Waals surface area contributed by atoms with Crippen molar-refractivity contribution in [3.63, 3.8) is 0 Å². The predicted molar refractivity (Wildman–Crippen MR) is 101 cm³/mol. The van der Waals surface area contributed by atoms with Crippen LogP contribution in [0.15, 0.2) is 34.7 Å². The van der Waals surface area contributed by atoms with Crippen LogP contribution in [0.3, 0.4) is 0 Å². The van der Waals surface area contributed by atoms with E-state index in [1.807, 2.05) is 43.1 Å². The molecule has 0 N–H and O–H groups in total. The predicted octanol–water partition coefficient (Wildman–Crippen LogP) is 3.04. The monoisotopic (exact) mass is 365 g/mol. The van der Waals surface area contributed by atoms with Crippen LogP contribution in [0.2, 0.25) is 0 Å². The second-order valence-electron chi connectivity index (χ2n) is 7.67. The summed E-state index contributed by atoms with van der Waals surface area (Å²) < 4.78 is 13.7. The summed E-state index contributed by atoms with van der Waals surface area (Å²) in [5, 5.41) is 5.49. The Kier molecular flexibility index (Phi) is 3.65. The first-order valence-electron chi connectivity index (χ1n) is 9.41. The number of aryl methyl sites for hydroxylation is 2. The highest BCUT2D eigenvalue weighted by atomic mass is 16.5. The van der Waals surface area contributed by atoms with E-state index in [0.717, 1.165) is 35.3 Å². The molecule has 0 saturated carbocycles. The largest absolute Gasteiger partial charge is 0.460 e. The number of methoxy groups -OCH3 is 1. The van der Waals surface area contributed by atoms with E-state index in [1.54, 1.807) is 11.8 Å². The van der Waals surface area contributed by atoms with E-state index in [1.165, 1.54) is 5.56 Å². The van der Waals surface area contributed by atoms with Crippen molar-refractivity contribution in [2.45, 2.75) is 37.8 Å². The number of carbonyl (C=O) groups is 1. The van der Waals surface area contributed by atoms with Gasteiger partial charge in [0.15, 0.2) is 0 Å². The third-order valence-electron chi connectivity index (χ3n) is 6.08. The van der Waals surface area contributed by atoms with Gasteiger partial charge in [0.2, 0.25) is 0 Å². The van der Waals surface area contributed by atoms with Gasteiger partial charge in [-0.2, -0.15) is 5.10 Å². The fourth-order valence-corrected chi connectivity index (χ4v) is 4.82. The topological polar surface area (TPSA) is 60.5 Å². The lowest BCUT2D eigenvalue weighted by Crippen LogP contribution is -2.55. The fraction of sp³-hybridized carbons (Fsp3) is 0.429. The molecule has 1 aromatic carbocycles. The number of hydrogen-bond acceptors (Lipinski definition) is 4. The fourth-order valence-electron chi connectivity index (χ4n) is 4.82. The first-order chi connectivity index (χ1) is 13.1. The van der Waals surface area contributed by atoms with Crippen LogP contribution in [0.25, 0.3) is 11.0 Å². The van der Waals surface area contributed by atoms with Crippen molar-refractivity contribution >= 4 is 16.9 Å². The zero-order valence-electron chi connectivity index (χ0n) is 15.8. The Morgan fingerprint density at radius 1 is 1.33 bits per heavy atom. The third-order valence-corrected chi connectivity index (χ3v) is 6.08. The number of benzene rings is 1. The number of piperidine rings is 1. The maximum absolute atomic E-state index is 13.3. The molecule has 1 saturated heterocycles. The minimum absolute atomic E-state index is 0.0276.